The van der Waals surface area contributed by atoms with Gasteiger partial charge in [0.15, 0.2) is 14.6 Å². The van der Waals surface area contributed by atoms with Crippen molar-refractivity contribution in [2.45, 2.75) is 4.90 Å². The standard InChI is InChI=1S/C23H17N3O3S3/c1-26-19-10-9-14(32(2,28)29)12-21(19)31-23(26)25-22(27)16-13-18(20-8-5-11-30-20)24-17-7-4-3-6-15(16)17/h3-13H,1-2H3. The first-order chi connectivity index (χ1) is 15.3. The zero-order valence-corrected chi connectivity index (χ0v) is 19.6. The third-order valence-electron chi connectivity index (χ3n) is 5.13. The van der Waals surface area contributed by atoms with Gasteiger partial charge in [0.2, 0.25) is 0 Å². The van der Waals surface area contributed by atoms with E-state index in [0.29, 0.717) is 10.4 Å². The van der Waals surface area contributed by atoms with Crippen LogP contribution in [0.15, 0.2) is 75.9 Å². The van der Waals surface area contributed by atoms with Crippen molar-refractivity contribution in [3.05, 3.63) is 76.4 Å². The number of sulfone groups is 1. The van der Waals surface area contributed by atoms with E-state index < -0.39 is 9.84 Å². The molecule has 160 valence electrons. The van der Waals surface area contributed by atoms with Gasteiger partial charge in [0.25, 0.3) is 5.91 Å². The highest BCUT2D eigenvalue weighted by molar-refractivity contribution is 7.90. The minimum absolute atomic E-state index is 0.241. The molecule has 2 aromatic carbocycles. The van der Waals surface area contributed by atoms with Crippen molar-refractivity contribution in [3.8, 4) is 10.6 Å². The van der Waals surface area contributed by atoms with Crippen molar-refractivity contribution in [3.63, 3.8) is 0 Å². The minimum Gasteiger partial charge on any atom is -0.319 e. The molecule has 5 aromatic rings. The van der Waals surface area contributed by atoms with Crippen molar-refractivity contribution in [2.24, 2.45) is 12.0 Å². The van der Waals surface area contributed by atoms with Gasteiger partial charge in [-0.05, 0) is 41.8 Å². The summed E-state index contributed by atoms with van der Waals surface area (Å²) in [5.41, 5.74) is 2.76. The highest BCUT2D eigenvalue weighted by Crippen LogP contribution is 2.28. The van der Waals surface area contributed by atoms with E-state index >= 15 is 0 Å². The van der Waals surface area contributed by atoms with Crippen molar-refractivity contribution >= 4 is 59.5 Å². The van der Waals surface area contributed by atoms with E-state index in [0.717, 1.165) is 31.7 Å². The van der Waals surface area contributed by atoms with Crippen LogP contribution in [0.3, 0.4) is 0 Å². The van der Waals surface area contributed by atoms with Crippen molar-refractivity contribution < 1.29 is 13.2 Å². The van der Waals surface area contributed by atoms with E-state index in [9.17, 15) is 13.2 Å². The smallest absolute Gasteiger partial charge is 0.280 e. The predicted octanol–water partition coefficient (Wildman–Crippen LogP) is 4.66. The number of hydrogen-bond acceptors (Lipinski definition) is 6. The molecule has 0 saturated carbocycles. The monoisotopic (exact) mass is 479 g/mol. The number of pyridine rings is 1. The van der Waals surface area contributed by atoms with E-state index in [2.05, 4.69) is 4.99 Å². The van der Waals surface area contributed by atoms with Gasteiger partial charge in [0.05, 0.1) is 36.8 Å². The molecule has 1 amide bonds. The summed E-state index contributed by atoms with van der Waals surface area (Å²) in [6.45, 7) is 0. The molecule has 5 rings (SSSR count). The van der Waals surface area contributed by atoms with Crippen LogP contribution in [0.5, 0.6) is 0 Å². The molecule has 0 bridgehead atoms. The number of carbonyl (C=O) groups is 1. The molecule has 9 heteroatoms. The van der Waals surface area contributed by atoms with Gasteiger partial charge in [-0.15, -0.1) is 11.3 Å². The van der Waals surface area contributed by atoms with Crippen LogP contribution in [-0.4, -0.2) is 30.1 Å². The number of fused-ring (bicyclic) bond motifs is 2. The van der Waals surface area contributed by atoms with Crippen LogP contribution in [0.25, 0.3) is 31.7 Å². The fourth-order valence-electron chi connectivity index (χ4n) is 3.50. The second-order valence-corrected chi connectivity index (χ2v) is 11.3. The summed E-state index contributed by atoms with van der Waals surface area (Å²) in [6.07, 6.45) is 1.18. The van der Waals surface area contributed by atoms with Crippen LogP contribution in [0.1, 0.15) is 10.4 Å². The van der Waals surface area contributed by atoms with Crippen molar-refractivity contribution in [1.29, 1.82) is 0 Å². The topological polar surface area (TPSA) is 81.4 Å². The lowest BCUT2D eigenvalue weighted by Crippen LogP contribution is -2.13. The Labute approximate surface area is 192 Å². The van der Waals surface area contributed by atoms with Gasteiger partial charge < -0.3 is 4.57 Å². The van der Waals surface area contributed by atoms with E-state index in [-0.39, 0.29) is 10.8 Å². The average molecular weight is 480 g/mol. The Morgan fingerprint density at radius 1 is 1.06 bits per heavy atom. The van der Waals surface area contributed by atoms with Gasteiger partial charge in [0.1, 0.15) is 0 Å². The number of thiophene rings is 1. The number of amides is 1. The fraction of sp³-hybridized carbons (Fsp3) is 0.0870. The number of thiazole rings is 1. The van der Waals surface area contributed by atoms with Crippen LogP contribution in [0, 0.1) is 0 Å². The van der Waals surface area contributed by atoms with Gasteiger partial charge in [-0.2, -0.15) is 4.99 Å². The zero-order valence-electron chi connectivity index (χ0n) is 17.1. The lowest BCUT2D eigenvalue weighted by Gasteiger charge is -2.06. The molecular weight excluding hydrogens is 462 g/mol. The third-order valence-corrected chi connectivity index (χ3v) is 8.22. The Morgan fingerprint density at radius 2 is 1.88 bits per heavy atom. The molecule has 0 aliphatic rings. The second-order valence-electron chi connectivity index (χ2n) is 7.31. The lowest BCUT2D eigenvalue weighted by molar-refractivity contribution is 0.0999. The summed E-state index contributed by atoms with van der Waals surface area (Å²) in [7, 11) is -1.51. The maximum Gasteiger partial charge on any atom is 0.280 e. The number of benzene rings is 2. The first-order valence-electron chi connectivity index (χ1n) is 9.63. The predicted molar refractivity (Wildman–Crippen MR) is 129 cm³/mol. The van der Waals surface area contributed by atoms with Gasteiger partial charge in [-0.3, -0.25) is 4.79 Å². The molecule has 0 aliphatic carbocycles. The zero-order chi connectivity index (χ0) is 22.5. The van der Waals surface area contributed by atoms with Crippen LogP contribution < -0.4 is 4.80 Å². The molecule has 0 unspecified atom stereocenters. The molecule has 0 spiro atoms. The summed E-state index contributed by atoms with van der Waals surface area (Å²) in [5.74, 6) is -0.369. The number of hydrogen-bond donors (Lipinski definition) is 0. The highest BCUT2D eigenvalue weighted by Gasteiger charge is 2.15. The van der Waals surface area contributed by atoms with E-state index in [1.54, 1.807) is 40.2 Å². The molecule has 0 atom stereocenters. The van der Waals surface area contributed by atoms with E-state index in [1.165, 1.54) is 17.6 Å². The molecule has 3 aromatic heterocycles. The van der Waals surface area contributed by atoms with Crippen LogP contribution in [0.2, 0.25) is 0 Å². The Kier molecular flexibility index (Phi) is 5.04. The summed E-state index contributed by atoms with van der Waals surface area (Å²) in [5, 5.41) is 2.71. The number of carbonyl (C=O) groups excluding carboxylic acids is 1. The molecule has 0 radical (unpaired) electrons. The minimum atomic E-state index is -3.32. The number of aromatic nitrogens is 2. The van der Waals surface area contributed by atoms with E-state index in [4.69, 9.17) is 4.98 Å². The molecule has 0 saturated heterocycles. The van der Waals surface area contributed by atoms with Gasteiger partial charge in [0, 0.05) is 18.7 Å². The van der Waals surface area contributed by atoms with Crippen LogP contribution in [0.4, 0.5) is 0 Å². The third kappa shape index (κ3) is 3.68. The second kappa shape index (κ2) is 7.77. The average Bonchev–Trinajstić information content (AvgIpc) is 3.41. The maximum absolute atomic E-state index is 13.3. The summed E-state index contributed by atoms with van der Waals surface area (Å²) in [4.78, 5) is 24.1. The molecular formula is C23H17N3O3S3. The number of nitrogens with zero attached hydrogens (tertiary/aromatic N) is 3. The summed E-state index contributed by atoms with van der Waals surface area (Å²) < 4.78 is 26.4. The highest BCUT2D eigenvalue weighted by atomic mass is 32.2. The maximum atomic E-state index is 13.3. The van der Waals surface area contributed by atoms with Crippen LogP contribution >= 0.6 is 22.7 Å². The lowest BCUT2D eigenvalue weighted by atomic mass is 10.1. The van der Waals surface area contributed by atoms with Crippen LogP contribution in [-0.2, 0) is 16.9 Å². The first kappa shape index (κ1) is 20.7. The first-order valence-corrected chi connectivity index (χ1v) is 13.2. The Bertz CT molecular complexity index is 1680. The number of rotatable bonds is 3. The normalized spacial score (nSPS) is 12.6. The van der Waals surface area contributed by atoms with Gasteiger partial charge in [-0.1, -0.05) is 35.6 Å². The number of para-hydroxylation sites is 1. The van der Waals surface area contributed by atoms with Crippen molar-refractivity contribution in [2.75, 3.05) is 6.26 Å². The SMILES string of the molecule is Cn1c(=NC(=O)c2cc(-c3cccs3)nc3ccccc23)sc2cc(S(C)(=O)=O)ccc21. The quantitative estimate of drug-likeness (QED) is 0.377. The summed E-state index contributed by atoms with van der Waals surface area (Å²) >= 11 is 2.84. The molecule has 3 heterocycles. The Balaban J connectivity index is 1.68. The molecule has 0 aliphatic heterocycles. The van der Waals surface area contributed by atoms with Crippen molar-refractivity contribution in [1.82, 2.24) is 9.55 Å². The molecule has 0 N–H and O–H groups in total. The molecule has 0 fully saturated rings. The molecule has 6 nitrogen and oxygen atoms in total. The number of aryl methyl sites for hydroxylation is 1. The van der Waals surface area contributed by atoms with Gasteiger partial charge in [-0.25, -0.2) is 13.4 Å². The summed E-state index contributed by atoms with van der Waals surface area (Å²) in [6, 6.07) is 18.2. The largest absolute Gasteiger partial charge is 0.319 e. The van der Waals surface area contributed by atoms with E-state index in [1.807, 2.05) is 48.8 Å². The Hall–Kier alpha value is -3.14. The molecule has 32 heavy (non-hydrogen) atoms. The fourth-order valence-corrected chi connectivity index (χ4v) is 5.97. The Morgan fingerprint density at radius 3 is 2.62 bits per heavy atom. The van der Waals surface area contributed by atoms with Gasteiger partial charge >= 0.3 is 0 Å².